The van der Waals surface area contributed by atoms with Gasteiger partial charge in [0, 0.05) is 6.54 Å². The Balaban J connectivity index is 1.65. The lowest BCUT2D eigenvalue weighted by Crippen LogP contribution is -2.25. The minimum Gasteiger partial charge on any atom is -0.492 e. The fourth-order valence-electron chi connectivity index (χ4n) is 3.66. The summed E-state index contributed by atoms with van der Waals surface area (Å²) in [5.41, 5.74) is 1.73. The van der Waals surface area contributed by atoms with Gasteiger partial charge in [0.15, 0.2) is 0 Å². The molecule has 0 unspecified atom stereocenters. The lowest BCUT2D eigenvalue weighted by atomic mass is 10.1. The molecule has 1 aromatic heterocycles. The number of nitrogens with zero attached hydrogens (tertiary/aromatic N) is 3. The molecule has 0 atom stereocenters. The largest absolute Gasteiger partial charge is 0.492 e. The van der Waals surface area contributed by atoms with Crippen molar-refractivity contribution in [1.29, 1.82) is 0 Å². The number of fused-ring (bicyclic) bond motifs is 1. The van der Waals surface area contributed by atoms with Crippen molar-refractivity contribution in [1.82, 2.24) is 14.5 Å². The molecule has 4 rings (SSSR count). The van der Waals surface area contributed by atoms with Crippen molar-refractivity contribution in [2.24, 2.45) is 0 Å². The van der Waals surface area contributed by atoms with E-state index in [-0.39, 0.29) is 11.1 Å². The van der Waals surface area contributed by atoms with E-state index in [1.165, 1.54) is 35.9 Å². The van der Waals surface area contributed by atoms with Crippen molar-refractivity contribution in [2.75, 3.05) is 26.2 Å². The third-order valence-electron chi connectivity index (χ3n) is 5.32. The van der Waals surface area contributed by atoms with E-state index in [2.05, 4.69) is 9.88 Å². The van der Waals surface area contributed by atoms with Crippen LogP contribution in [0.5, 0.6) is 5.75 Å². The molecule has 0 amide bonds. The third-order valence-corrected chi connectivity index (χ3v) is 5.32. The first-order chi connectivity index (χ1) is 14.0. The molecule has 7 heteroatoms. The number of carboxylic acids is 1. The summed E-state index contributed by atoms with van der Waals surface area (Å²) >= 11 is 0. The Morgan fingerprint density at radius 3 is 2.72 bits per heavy atom. The smallest absolute Gasteiger partial charge is 0.335 e. The van der Waals surface area contributed by atoms with E-state index in [1.807, 2.05) is 13.0 Å². The topological polar surface area (TPSA) is 84.7 Å². The molecule has 0 bridgehead atoms. The van der Waals surface area contributed by atoms with Gasteiger partial charge in [-0.2, -0.15) is 0 Å². The molecule has 0 spiro atoms. The highest BCUT2D eigenvalue weighted by Crippen LogP contribution is 2.19. The minimum atomic E-state index is -1.04. The van der Waals surface area contributed by atoms with Gasteiger partial charge in [0.25, 0.3) is 5.56 Å². The molecule has 7 nitrogen and oxygen atoms in total. The van der Waals surface area contributed by atoms with Crippen LogP contribution in [0.3, 0.4) is 0 Å². The second-order valence-electron chi connectivity index (χ2n) is 7.30. The molecular weight excluding hydrogens is 370 g/mol. The molecule has 3 aromatic rings. The van der Waals surface area contributed by atoms with Crippen LogP contribution >= 0.6 is 0 Å². The van der Waals surface area contributed by atoms with Crippen LogP contribution in [0.1, 0.15) is 28.8 Å². The summed E-state index contributed by atoms with van der Waals surface area (Å²) in [6.07, 6.45) is 3.92. The summed E-state index contributed by atoms with van der Waals surface area (Å²) in [5, 5.41) is 9.70. The van der Waals surface area contributed by atoms with Gasteiger partial charge < -0.3 is 9.84 Å². The predicted octanol–water partition coefficient (Wildman–Crippen LogP) is 2.87. The van der Waals surface area contributed by atoms with E-state index in [1.54, 1.807) is 18.2 Å². The third kappa shape index (κ3) is 4.00. The zero-order valence-corrected chi connectivity index (χ0v) is 16.3. The van der Waals surface area contributed by atoms with Crippen molar-refractivity contribution in [3.05, 3.63) is 64.2 Å². The van der Waals surface area contributed by atoms with Gasteiger partial charge in [0.1, 0.15) is 18.7 Å². The van der Waals surface area contributed by atoms with Crippen molar-refractivity contribution in [3.63, 3.8) is 0 Å². The van der Waals surface area contributed by atoms with E-state index in [9.17, 15) is 14.7 Å². The van der Waals surface area contributed by atoms with Crippen LogP contribution in [-0.2, 0) is 0 Å². The van der Waals surface area contributed by atoms with Gasteiger partial charge in [-0.15, -0.1) is 0 Å². The number of benzene rings is 2. The maximum Gasteiger partial charge on any atom is 0.335 e. The van der Waals surface area contributed by atoms with Crippen molar-refractivity contribution < 1.29 is 14.6 Å². The summed E-state index contributed by atoms with van der Waals surface area (Å²) in [4.78, 5) is 31.2. The van der Waals surface area contributed by atoms with E-state index in [4.69, 9.17) is 4.74 Å². The highest BCUT2D eigenvalue weighted by atomic mass is 16.5. The maximum absolute atomic E-state index is 13.1. The lowest BCUT2D eigenvalue weighted by Gasteiger charge is -2.15. The number of likely N-dealkylation sites (tertiary alicyclic amines) is 1. The zero-order valence-electron chi connectivity index (χ0n) is 16.3. The maximum atomic E-state index is 13.1. The second kappa shape index (κ2) is 8.05. The molecule has 2 aromatic carbocycles. The number of aromatic nitrogens is 2. The van der Waals surface area contributed by atoms with Crippen LogP contribution < -0.4 is 10.3 Å². The highest BCUT2D eigenvalue weighted by molar-refractivity contribution is 5.88. The van der Waals surface area contributed by atoms with Gasteiger partial charge in [-0.25, -0.2) is 9.78 Å². The Morgan fingerprint density at radius 2 is 1.97 bits per heavy atom. The van der Waals surface area contributed by atoms with Crippen LogP contribution in [0.4, 0.5) is 0 Å². The first-order valence-electron chi connectivity index (χ1n) is 9.74. The van der Waals surface area contributed by atoms with Gasteiger partial charge in [-0.1, -0.05) is 6.07 Å². The molecule has 1 fully saturated rings. The van der Waals surface area contributed by atoms with Crippen LogP contribution in [-0.4, -0.2) is 51.8 Å². The first-order valence-corrected chi connectivity index (χ1v) is 9.74. The number of carbonyl (C=O) groups is 1. The van der Waals surface area contributed by atoms with Crippen LogP contribution in [0.25, 0.3) is 16.6 Å². The average molecular weight is 393 g/mol. The fraction of sp³-hybridized carbons (Fsp3) is 0.318. The Bertz CT molecular complexity index is 1120. The van der Waals surface area contributed by atoms with Crippen LogP contribution in [0.15, 0.2) is 47.5 Å². The number of aryl methyl sites for hydroxylation is 1. The molecular formula is C22H23N3O4. The SMILES string of the molecule is Cc1ccc(C(=O)O)cc1-n1cnc2ccc(OCCN3CCCC3)cc2c1=O. The van der Waals surface area contributed by atoms with Crippen molar-refractivity contribution in [2.45, 2.75) is 19.8 Å². The van der Waals surface area contributed by atoms with Gasteiger partial charge in [-0.3, -0.25) is 14.3 Å². The summed E-state index contributed by atoms with van der Waals surface area (Å²) in [5.74, 6) is -0.411. The van der Waals surface area contributed by atoms with Gasteiger partial charge in [0.2, 0.25) is 0 Å². The Kier molecular flexibility index (Phi) is 5.31. The van der Waals surface area contributed by atoms with E-state index < -0.39 is 5.97 Å². The van der Waals surface area contributed by atoms with Gasteiger partial charge >= 0.3 is 5.97 Å². The number of hydrogen-bond acceptors (Lipinski definition) is 5. The molecule has 1 aliphatic rings. The van der Waals surface area contributed by atoms with E-state index in [0.717, 1.165) is 25.2 Å². The Morgan fingerprint density at radius 1 is 1.17 bits per heavy atom. The van der Waals surface area contributed by atoms with Crippen LogP contribution in [0, 0.1) is 6.92 Å². The summed E-state index contributed by atoms with van der Waals surface area (Å²) in [7, 11) is 0. The molecule has 0 aliphatic carbocycles. The molecule has 0 saturated carbocycles. The van der Waals surface area contributed by atoms with E-state index in [0.29, 0.717) is 28.9 Å². The number of carboxylic acid groups (broad SMARTS) is 1. The molecule has 0 radical (unpaired) electrons. The average Bonchev–Trinajstić information content (AvgIpc) is 3.23. The fourth-order valence-corrected chi connectivity index (χ4v) is 3.66. The molecule has 29 heavy (non-hydrogen) atoms. The number of hydrogen-bond donors (Lipinski definition) is 1. The Hall–Kier alpha value is -3.19. The standard InChI is InChI=1S/C22H23N3O4/c1-15-4-5-16(22(27)28)12-20(15)25-14-23-19-7-6-17(13-18(19)21(25)26)29-11-10-24-8-2-3-9-24/h4-7,12-14H,2-3,8-11H2,1H3,(H,27,28). The Labute approximate surface area is 168 Å². The summed E-state index contributed by atoms with van der Waals surface area (Å²) in [6, 6.07) is 10.00. The normalized spacial score (nSPS) is 14.4. The molecule has 1 N–H and O–H groups in total. The second-order valence-corrected chi connectivity index (χ2v) is 7.30. The van der Waals surface area contributed by atoms with Gasteiger partial charge in [0.05, 0.1) is 22.2 Å². The molecule has 1 aliphatic heterocycles. The summed E-state index contributed by atoms with van der Waals surface area (Å²) in [6.45, 7) is 5.50. The summed E-state index contributed by atoms with van der Waals surface area (Å²) < 4.78 is 7.24. The number of rotatable bonds is 6. The van der Waals surface area contributed by atoms with E-state index >= 15 is 0 Å². The highest BCUT2D eigenvalue weighted by Gasteiger charge is 2.13. The monoisotopic (exact) mass is 393 g/mol. The zero-order chi connectivity index (χ0) is 20.4. The predicted molar refractivity (Wildman–Crippen MR) is 110 cm³/mol. The quantitative estimate of drug-likeness (QED) is 0.693. The first kappa shape index (κ1) is 19.1. The molecule has 2 heterocycles. The van der Waals surface area contributed by atoms with Crippen molar-refractivity contribution >= 4 is 16.9 Å². The molecule has 150 valence electrons. The number of ether oxygens (including phenoxy) is 1. The minimum absolute atomic E-state index is 0.122. The lowest BCUT2D eigenvalue weighted by molar-refractivity contribution is 0.0697. The van der Waals surface area contributed by atoms with Crippen molar-refractivity contribution in [3.8, 4) is 11.4 Å². The van der Waals surface area contributed by atoms with Gasteiger partial charge in [-0.05, 0) is 68.8 Å². The number of aromatic carboxylic acids is 1. The van der Waals surface area contributed by atoms with Crippen LogP contribution in [0.2, 0.25) is 0 Å². The molecule has 1 saturated heterocycles.